The largest absolute Gasteiger partial charge is 0.444 e. The zero-order valence-corrected chi connectivity index (χ0v) is 26.4. The van der Waals surface area contributed by atoms with Gasteiger partial charge in [-0.25, -0.2) is 4.79 Å². The van der Waals surface area contributed by atoms with Gasteiger partial charge in [-0.2, -0.15) is 13.2 Å². The summed E-state index contributed by atoms with van der Waals surface area (Å²) in [6.07, 6.45) is -3.09. The van der Waals surface area contributed by atoms with E-state index >= 15 is 0 Å². The van der Waals surface area contributed by atoms with Crippen LogP contribution in [0, 0.1) is 12.8 Å². The second-order valence-electron chi connectivity index (χ2n) is 13.3. The first-order chi connectivity index (χ1) is 18.7. The van der Waals surface area contributed by atoms with Crippen molar-refractivity contribution in [2.24, 2.45) is 5.92 Å². The van der Waals surface area contributed by atoms with E-state index < -0.39 is 37.7 Å². The highest BCUT2D eigenvalue weighted by molar-refractivity contribution is 6.74. The average Bonchev–Trinajstić information content (AvgIpc) is 3.25. The quantitative estimate of drug-likeness (QED) is 0.348. The molecule has 0 aliphatic carbocycles. The molecule has 7 nitrogen and oxygen atoms in total. The van der Waals surface area contributed by atoms with E-state index in [9.17, 15) is 22.8 Å². The maximum Gasteiger partial charge on any atom is 0.417 e. The minimum absolute atomic E-state index is 0.0121. The minimum Gasteiger partial charge on any atom is -0.444 e. The van der Waals surface area contributed by atoms with E-state index in [2.05, 4.69) is 44.2 Å². The number of anilines is 1. The highest BCUT2D eigenvalue weighted by atomic mass is 28.4. The first-order valence-electron chi connectivity index (χ1n) is 13.7. The molecule has 226 valence electrons. The molecule has 2 heterocycles. The number of rotatable bonds is 6. The number of likely N-dealkylation sites (tertiary alicyclic amines) is 1. The fourth-order valence-electron chi connectivity index (χ4n) is 4.45. The molecule has 2 atom stereocenters. The Balaban J connectivity index is 1.90. The highest BCUT2D eigenvalue weighted by Gasteiger charge is 2.42. The fraction of sp³-hybridized carbons (Fsp3) is 0.567. The van der Waals surface area contributed by atoms with Gasteiger partial charge in [0.2, 0.25) is 0 Å². The third-order valence-corrected chi connectivity index (χ3v) is 12.3. The SMILES string of the molecule is Cc1ccc(C(=O)Nc2cncc(C(F)(F)F)c2)cc1[C@H]1CN(C(=O)OC(C)(C)C)C[C@@H]1CO[Si](C)(C)C(C)(C)C. The Morgan fingerprint density at radius 3 is 2.29 bits per heavy atom. The Hall–Kier alpha value is -2.92. The van der Waals surface area contributed by atoms with Crippen LogP contribution >= 0.6 is 0 Å². The van der Waals surface area contributed by atoms with Crippen LogP contribution < -0.4 is 5.32 Å². The van der Waals surface area contributed by atoms with Gasteiger partial charge in [-0.05, 0) is 75.2 Å². The number of aryl methyl sites for hydroxylation is 1. The average molecular weight is 594 g/mol. The van der Waals surface area contributed by atoms with Gasteiger partial charge < -0.3 is 19.4 Å². The second-order valence-corrected chi connectivity index (χ2v) is 18.1. The van der Waals surface area contributed by atoms with Gasteiger partial charge in [0.05, 0.1) is 17.4 Å². The van der Waals surface area contributed by atoms with E-state index in [1.165, 1.54) is 6.20 Å². The molecule has 3 rings (SSSR count). The van der Waals surface area contributed by atoms with Crippen molar-refractivity contribution in [3.8, 4) is 0 Å². The number of alkyl halides is 3. The van der Waals surface area contributed by atoms with Crippen molar-refractivity contribution in [3.05, 3.63) is 58.9 Å². The lowest BCUT2D eigenvalue weighted by molar-refractivity contribution is -0.137. The summed E-state index contributed by atoms with van der Waals surface area (Å²) in [5.74, 6) is -0.722. The number of ether oxygens (including phenoxy) is 1. The molecule has 0 unspecified atom stereocenters. The van der Waals surface area contributed by atoms with Crippen molar-refractivity contribution in [3.63, 3.8) is 0 Å². The van der Waals surface area contributed by atoms with Gasteiger partial charge in [-0.15, -0.1) is 0 Å². The van der Waals surface area contributed by atoms with Crippen LogP contribution in [-0.2, 0) is 15.3 Å². The lowest BCUT2D eigenvalue weighted by Crippen LogP contribution is -2.42. The number of carbonyl (C=O) groups is 2. The molecule has 2 amide bonds. The number of amides is 2. The Labute approximate surface area is 241 Å². The summed E-state index contributed by atoms with van der Waals surface area (Å²) in [5.41, 5.74) is 0.476. The monoisotopic (exact) mass is 593 g/mol. The molecule has 1 aliphatic heterocycles. The summed E-state index contributed by atoms with van der Waals surface area (Å²) in [6.45, 7) is 19.6. The van der Waals surface area contributed by atoms with Crippen molar-refractivity contribution in [2.75, 3.05) is 25.0 Å². The topological polar surface area (TPSA) is 80.8 Å². The molecule has 2 aromatic rings. The number of nitrogens with one attached hydrogen (secondary N) is 1. The summed E-state index contributed by atoms with van der Waals surface area (Å²) in [5, 5.41) is 2.54. The zero-order chi connectivity index (χ0) is 31.0. The van der Waals surface area contributed by atoms with E-state index in [0.29, 0.717) is 31.5 Å². The van der Waals surface area contributed by atoms with Gasteiger partial charge in [0.1, 0.15) is 5.60 Å². The van der Waals surface area contributed by atoms with Crippen molar-refractivity contribution >= 4 is 26.0 Å². The number of hydrogen-bond acceptors (Lipinski definition) is 5. The Morgan fingerprint density at radius 2 is 1.71 bits per heavy atom. The normalized spacial score (nSPS) is 18.4. The Bertz CT molecular complexity index is 1270. The van der Waals surface area contributed by atoms with Crippen LogP contribution in [0.5, 0.6) is 0 Å². The van der Waals surface area contributed by atoms with Crippen LogP contribution in [0.1, 0.15) is 74.5 Å². The Morgan fingerprint density at radius 1 is 1.05 bits per heavy atom. The van der Waals surface area contributed by atoms with E-state index in [4.69, 9.17) is 9.16 Å². The fourth-order valence-corrected chi connectivity index (χ4v) is 5.51. The molecule has 11 heteroatoms. The molecule has 0 spiro atoms. The number of halogens is 3. The van der Waals surface area contributed by atoms with Gasteiger partial charge in [-0.3, -0.25) is 9.78 Å². The smallest absolute Gasteiger partial charge is 0.417 e. The first-order valence-corrected chi connectivity index (χ1v) is 16.6. The molecule has 1 fully saturated rings. The van der Waals surface area contributed by atoms with E-state index in [1.54, 1.807) is 17.0 Å². The standard InChI is InChI=1S/C30H42F3N3O4Si/c1-19-10-11-20(26(37)35-23-13-22(14-34-15-23)30(31,32)33)12-24(19)25-17-36(27(38)40-28(2,3)4)16-21(25)18-39-41(8,9)29(5,6)7/h10-15,21,25H,16-18H2,1-9H3,(H,35,37)/t21-,25+/m1/s1. The van der Waals surface area contributed by atoms with Gasteiger partial charge >= 0.3 is 12.3 Å². The number of benzene rings is 1. The molecule has 0 bridgehead atoms. The van der Waals surface area contributed by atoms with Crippen LogP contribution in [0.25, 0.3) is 0 Å². The third kappa shape index (κ3) is 8.31. The van der Waals surface area contributed by atoms with E-state index in [0.717, 1.165) is 17.2 Å². The summed E-state index contributed by atoms with van der Waals surface area (Å²) >= 11 is 0. The van der Waals surface area contributed by atoms with Crippen LogP contribution in [0.2, 0.25) is 18.1 Å². The summed E-state index contributed by atoms with van der Waals surface area (Å²) < 4.78 is 51.6. The molecule has 1 aliphatic rings. The maximum absolute atomic E-state index is 13.1. The number of nitrogens with zero attached hydrogens (tertiary/aromatic N) is 2. The van der Waals surface area contributed by atoms with Crippen LogP contribution in [0.3, 0.4) is 0 Å². The van der Waals surface area contributed by atoms with Crippen molar-refractivity contribution in [1.29, 1.82) is 0 Å². The molecule has 0 radical (unpaired) electrons. The Kier molecular flexibility index (Phi) is 9.34. The minimum atomic E-state index is -4.57. The third-order valence-electron chi connectivity index (χ3n) is 7.82. The molecule has 1 aromatic carbocycles. The zero-order valence-electron chi connectivity index (χ0n) is 25.4. The van der Waals surface area contributed by atoms with Gasteiger partial charge in [0.25, 0.3) is 5.91 Å². The lowest BCUT2D eigenvalue weighted by Gasteiger charge is -2.37. The first kappa shape index (κ1) is 32.6. The van der Waals surface area contributed by atoms with Crippen molar-refractivity contribution in [1.82, 2.24) is 9.88 Å². The van der Waals surface area contributed by atoms with Crippen LogP contribution in [-0.4, -0.2) is 55.5 Å². The number of pyridine rings is 1. The molecule has 1 aromatic heterocycles. The van der Waals surface area contributed by atoms with Crippen molar-refractivity contribution in [2.45, 2.75) is 84.3 Å². The molecular formula is C30H42F3N3O4Si. The maximum atomic E-state index is 13.1. The van der Waals surface area contributed by atoms with E-state index in [1.807, 2.05) is 33.8 Å². The van der Waals surface area contributed by atoms with Gasteiger partial charge in [-0.1, -0.05) is 26.8 Å². The van der Waals surface area contributed by atoms with Crippen molar-refractivity contribution < 1.29 is 31.9 Å². The van der Waals surface area contributed by atoms with E-state index in [-0.39, 0.29) is 22.6 Å². The molecule has 1 saturated heterocycles. The number of aromatic nitrogens is 1. The van der Waals surface area contributed by atoms with Gasteiger partial charge in [0, 0.05) is 43.3 Å². The molecule has 0 saturated carbocycles. The van der Waals surface area contributed by atoms with Gasteiger partial charge in [0.15, 0.2) is 8.32 Å². The molecule has 41 heavy (non-hydrogen) atoms. The molecular weight excluding hydrogens is 551 g/mol. The predicted molar refractivity (Wildman–Crippen MR) is 156 cm³/mol. The lowest BCUT2D eigenvalue weighted by atomic mass is 9.86. The number of hydrogen-bond donors (Lipinski definition) is 1. The van der Waals surface area contributed by atoms with Crippen LogP contribution in [0.15, 0.2) is 36.7 Å². The number of carbonyl (C=O) groups excluding carboxylic acids is 2. The molecule has 1 N–H and O–H groups in total. The highest BCUT2D eigenvalue weighted by Crippen LogP contribution is 2.40. The van der Waals surface area contributed by atoms with Crippen LogP contribution in [0.4, 0.5) is 23.7 Å². The summed E-state index contributed by atoms with van der Waals surface area (Å²) in [4.78, 5) is 31.4. The predicted octanol–water partition coefficient (Wildman–Crippen LogP) is 7.63. The summed E-state index contributed by atoms with van der Waals surface area (Å²) in [7, 11) is -2.08. The summed E-state index contributed by atoms with van der Waals surface area (Å²) in [6, 6.07) is 6.06. The second kappa shape index (κ2) is 11.8.